The van der Waals surface area contributed by atoms with E-state index in [9.17, 15) is 5.11 Å². The number of phenolic OH excluding ortho intramolecular Hbond substituents is 1. The molecular weight excluding hydrogens is 234 g/mol. The van der Waals surface area contributed by atoms with Gasteiger partial charge in [0, 0.05) is 19.1 Å². The van der Waals surface area contributed by atoms with Gasteiger partial charge in [-0.15, -0.1) is 0 Å². The van der Waals surface area contributed by atoms with Crippen LogP contribution in [0.1, 0.15) is 40.2 Å². The van der Waals surface area contributed by atoms with Gasteiger partial charge in [-0.2, -0.15) is 0 Å². The van der Waals surface area contributed by atoms with Crippen molar-refractivity contribution in [2.75, 3.05) is 13.1 Å². The second-order valence-corrected chi connectivity index (χ2v) is 6.46. The zero-order valence-electron chi connectivity index (χ0n) is 13.1. The lowest BCUT2D eigenvalue weighted by molar-refractivity contribution is 0.165. The molecule has 1 N–H and O–H groups in total. The third-order valence-corrected chi connectivity index (χ3v) is 3.29. The molecule has 0 aliphatic heterocycles. The van der Waals surface area contributed by atoms with Crippen LogP contribution in [0.5, 0.6) is 5.75 Å². The first-order valence-electron chi connectivity index (χ1n) is 7.40. The van der Waals surface area contributed by atoms with E-state index in [-0.39, 0.29) is 0 Å². The van der Waals surface area contributed by atoms with E-state index in [0.29, 0.717) is 23.6 Å². The van der Waals surface area contributed by atoms with E-state index < -0.39 is 0 Å². The zero-order valence-corrected chi connectivity index (χ0v) is 13.1. The maximum absolute atomic E-state index is 9.33. The summed E-state index contributed by atoms with van der Waals surface area (Å²) < 4.78 is 0. The van der Waals surface area contributed by atoms with Gasteiger partial charge in [0.1, 0.15) is 5.75 Å². The number of nitrogens with zero attached hydrogens (tertiary/aromatic N) is 1. The molecule has 1 aromatic carbocycles. The molecule has 0 spiro atoms. The Morgan fingerprint density at radius 2 is 1.37 bits per heavy atom. The largest absolute Gasteiger partial charge is 0.508 e. The molecule has 19 heavy (non-hydrogen) atoms. The molecule has 1 aromatic rings. The lowest BCUT2D eigenvalue weighted by Gasteiger charge is -2.32. The molecule has 2 heteroatoms. The van der Waals surface area contributed by atoms with Gasteiger partial charge in [-0.3, -0.25) is 4.90 Å². The molecule has 1 rings (SSSR count). The van der Waals surface area contributed by atoms with E-state index in [1.807, 2.05) is 12.1 Å². The maximum atomic E-state index is 9.33. The number of rotatable bonds is 7. The first-order valence-corrected chi connectivity index (χ1v) is 7.40. The minimum absolute atomic E-state index is 0.345. The summed E-state index contributed by atoms with van der Waals surface area (Å²) in [4.78, 5) is 2.59. The lowest BCUT2D eigenvalue weighted by Crippen LogP contribution is -2.39. The van der Waals surface area contributed by atoms with Crippen molar-refractivity contribution < 1.29 is 5.11 Å². The molecule has 0 aliphatic rings. The van der Waals surface area contributed by atoms with E-state index >= 15 is 0 Å². The molecular formula is C17H29NO. The fraction of sp³-hybridized carbons (Fsp3) is 0.647. The van der Waals surface area contributed by atoms with Crippen molar-refractivity contribution >= 4 is 0 Å². The third-order valence-electron chi connectivity index (χ3n) is 3.29. The van der Waals surface area contributed by atoms with Crippen LogP contribution < -0.4 is 0 Å². The van der Waals surface area contributed by atoms with Crippen LogP contribution in [0.25, 0.3) is 0 Å². The van der Waals surface area contributed by atoms with Gasteiger partial charge in [0.15, 0.2) is 0 Å². The van der Waals surface area contributed by atoms with Gasteiger partial charge in [0.25, 0.3) is 0 Å². The smallest absolute Gasteiger partial charge is 0.115 e. The minimum atomic E-state index is 0.345. The Hall–Kier alpha value is -1.02. The van der Waals surface area contributed by atoms with Crippen molar-refractivity contribution in [3.05, 3.63) is 29.8 Å². The molecule has 0 fully saturated rings. The van der Waals surface area contributed by atoms with Crippen molar-refractivity contribution in [1.82, 2.24) is 4.90 Å². The van der Waals surface area contributed by atoms with Crippen LogP contribution in [-0.4, -0.2) is 29.1 Å². The average Bonchev–Trinajstić information content (AvgIpc) is 2.30. The van der Waals surface area contributed by atoms with Crippen molar-refractivity contribution in [2.45, 2.75) is 47.1 Å². The van der Waals surface area contributed by atoms with E-state index in [0.717, 1.165) is 19.5 Å². The van der Waals surface area contributed by atoms with Crippen LogP contribution in [0.4, 0.5) is 0 Å². The highest BCUT2D eigenvalue weighted by atomic mass is 16.3. The van der Waals surface area contributed by atoms with Crippen LogP contribution in [0.2, 0.25) is 0 Å². The van der Waals surface area contributed by atoms with Crippen LogP contribution >= 0.6 is 0 Å². The molecule has 2 nitrogen and oxygen atoms in total. The summed E-state index contributed by atoms with van der Waals surface area (Å²) >= 11 is 0. The predicted octanol–water partition coefficient (Wildman–Crippen LogP) is 3.94. The van der Waals surface area contributed by atoms with E-state index in [2.05, 4.69) is 39.5 Å². The van der Waals surface area contributed by atoms with Crippen LogP contribution in [0, 0.1) is 11.8 Å². The highest BCUT2D eigenvalue weighted by molar-refractivity contribution is 5.26. The summed E-state index contributed by atoms with van der Waals surface area (Å²) in [5.41, 5.74) is 1.29. The predicted molar refractivity (Wildman–Crippen MR) is 82.5 cm³/mol. The molecule has 0 heterocycles. The topological polar surface area (TPSA) is 23.5 Å². The van der Waals surface area contributed by atoms with E-state index in [1.165, 1.54) is 5.56 Å². The van der Waals surface area contributed by atoms with Gasteiger partial charge in [-0.1, -0.05) is 39.8 Å². The summed E-state index contributed by atoms with van der Waals surface area (Å²) in [6.45, 7) is 13.7. The summed E-state index contributed by atoms with van der Waals surface area (Å²) in [6.07, 6.45) is 1.04. The maximum Gasteiger partial charge on any atom is 0.115 e. The van der Waals surface area contributed by atoms with E-state index in [4.69, 9.17) is 0 Å². The summed E-state index contributed by atoms with van der Waals surface area (Å²) in [5.74, 6) is 1.74. The summed E-state index contributed by atoms with van der Waals surface area (Å²) in [7, 11) is 0. The molecule has 1 unspecified atom stereocenters. The highest BCUT2D eigenvalue weighted by Crippen LogP contribution is 2.15. The number of phenols is 1. The van der Waals surface area contributed by atoms with Gasteiger partial charge in [-0.05, 0) is 42.9 Å². The second-order valence-electron chi connectivity index (χ2n) is 6.46. The normalized spacial score (nSPS) is 13.5. The number of hydrogen-bond donors (Lipinski definition) is 1. The average molecular weight is 263 g/mol. The Kier molecular flexibility index (Phi) is 6.36. The Balaban J connectivity index is 2.64. The molecule has 0 saturated heterocycles. The third kappa shape index (κ3) is 6.11. The molecule has 0 amide bonds. The van der Waals surface area contributed by atoms with Crippen molar-refractivity contribution in [2.24, 2.45) is 11.8 Å². The quantitative estimate of drug-likeness (QED) is 0.805. The van der Waals surface area contributed by atoms with Gasteiger partial charge in [0.2, 0.25) is 0 Å². The van der Waals surface area contributed by atoms with E-state index in [1.54, 1.807) is 12.1 Å². The molecule has 0 bridgehead atoms. The van der Waals surface area contributed by atoms with Crippen LogP contribution in [-0.2, 0) is 6.42 Å². The molecule has 1 atom stereocenters. The SMILES string of the molecule is CC(C)CN(CC(C)C)C(C)Cc1ccc(O)cc1. The summed E-state index contributed by atoms with van der Waals surface area (Å²) in [6, 6.07) is 8.13. The minimum Gasteiger partial charge on any atom is -0.508 e. The molecule has 0 saturated carbocycles. The van der Waals surface area contributed by atoms with Gasteiger partial charge in [-0.25, -0.2) is 0 Å². The fourth-order valence-electron chi connectivity index (χ4n) is 2.47. The number of benzene rings is 1. The number of hydrogen-bond acceptors (Lipinski definition) is 2. The molecule has 0 radical (unpaired) electrons. The van der Waals surface area contributed by atoms with Crippen LogP contribution in [0.15, 0.2) is 24.3 Å². The van der Waals surface area contributed by atoms with Gasteiger partial charge < -0.3 is 5.11 Å². The summed E-state index contributed by atoms with van der Waals surface area (Å²) in [5, 5.41) is 9.33. The fourth-order valence-corrected chi connectivity index (χ4v) is 2.47. The lowest BCUT2D eigenvalue weighted by atomic mass is 10.0. The first-order chi connectivity index (χ1) is 8.88. The van der Waals surface area contributed by atoms with Crippen molar-refractivity contribution in [3.63, 3.8) is 0 Å². The van der Waals surface area contributed by atoms with Crippen molar-refractivity contribution in [1.29, 1.82) is 0 Å². The van der Waals surface area contributed by atoms with Crippen molar-refractivity contribution in [3.8, 4) is 5.75 Å². The molecule has 108 valence electrons. The Morgan fingerprint density at radius 1 is 0.895 bits per heavy atom. The standard InChI is InChI=1S/C17H29NO/c1-13(2)11-18(12-14(3)4)15(5)10-16-6-8-17(19)9-7-16/h6-9,13-15,19H,10-12H2,1-5H3. The Morgan fingerprint density at radius 3 is 1.79 bits per heavy atom. The second kappa shape index (κ2) is 7.54. The Bertz CT molecular complexity index is 346. The molecule has 0 aromatic heterocycles. The zero-order chi connectivity index (χ0) is 14.4. The first kappa shape index (κ1) is 16.0. The van der Waals surface area contributed by atoms with Gasteiger partial charge in [0.05, 0.1) is 0 Å². The number of aromatic hydroxyl groups is 1. The van der Waals surface area contributed by atoms with Crippen LogP contribution in [0.3, 0.4) is 0 Å². The Labute approximate surface area is 118 Å². The highest BCUT2D eigenvalue weighted by Gasteiger charge is 2.16. The van der Waals surface area contributed by atoms with Gasteiger partial charge >= 0.3 is 0 Å². The monoisotopic (exact) mass is 263 g/mol. The molecule has 0 aliphatic carbocycles.